The van der Waals surface area contributed by atoms with Crippen LogP contribution in [0.15, 0.2) is 5.38 Å². The number of nitrogens with zero attached hydrogens (tertiary/aromatic N) is 3. The van der Waals surface area contributed by atoms with Crippen molar-refractivity contribution in [2.45, 2.75) is 50.1 Å². The standard InChI is InChI=1S/C15H24ClN3S/c1-18-13-4-5-14(18)10-19(8-6-13)7-2-3-15-17-12(9-16)11-20-15/h11,13-14H,2-10H2,1H3. The quantitative estimate of drug-likeness (QED) is 0.779. The van der Waals surface area contributed by atoms with Gasteiger partial charge < -0.3 is 4.90 Å². The predicted octanol–water partition coefficient (Wildman–Crippen LogP) is 2.98. The lowest BCUT2D eigenvalue weighted by Gasteiger charge is -2.25. The van der Waals surface area contributed by atoms with E-state index in [2.05, 4.69) is 27.2 Å². The third-order valence-electron chi connectivity index (χ3n) is 4.83. The van der Waals surface area contributed by atoms with Crippen LogP contribution in [0.3, 0.4) is 0 Å². The number of aromatic nitrogens is 1. The highest BCUT2D eigenvalue weighted by Gasteiger charge is 2.34. The maximum absolute atomic E-state index is 5.80. The number of likely N-dealkylation sites (N-methyl/N-ethyl adjacent to an activating group) is 1. The van der Waals surface area contributed by atoms with Gasteiger partial charge in [0.2, 0.25) is 0 Å². The molecule has 0 aromatic carbocycles. The molecule has 20 heavy (non-hydrogen) atoms. The molecule has 3 rings (SSSR count). The second kappa shape index (κ2) is 6.73. The molecule has 2 saturated heterocycles. The maximum atomic E-state index is 5.80. The Morgan fingerprint density at radius 1 is 1.35 bits per heavy atom. The first-order valence-electron chi connectivity index (χ1n) is 7.70. The third-order valence-corrected chi connectivity index (χ3v) is 6.06. The first kappa shape index (κ1) is 14.8. The first-order valence-corrected chi connectivity index (χ1v) is 9.11. The van der Waals surface area contributed by atoms with Crippen molar-refractivity contribution in [3.63, 3.8) is 0 Å². The van der Waals surface area contributed by atoms with Crippen LogP contribution in [0.5, 0.6) is 0 Å². The van der Waals surface area contributed by atoms with Gasteiger partial charge in [-0.1, -0.05) is 0 Å². The fourth-order valence-corrected chi connectivity index (χ4v) is 4.63. The Hall–Kier alpha value is -0.160. The summed E-state index contributed by atoms with van der Waals surface area (Å²) in [5, 5.41) is 3.33. The van der Waals surface area contributed by atoms with E-state index in [4.69, 9.17) is 11.6 Å². The molecular weight excluding hydrogens is 290 g/mol. The van der Waals surface area contributed by atoms with Gasteiger partial charge >= 0.3 is 0 Å². The van der Waals surface area contributed by atoms with Crippen LogP contribution in [0.2, 0.25) is 0 Å². The number of hydrogen-bond acceptors (Lipinski definition) is 4. The van der Waals surface area contributed by atoms with Crippen molar-refractivity contribution in [3.05, 3.63) is 16.1 Å². The highest BCUT2D eigenvalue weighted by molar-refractivity contribution is 7.09. The number of thiazole rings is 1. The van der Waals surface area contributed by atoms with E-state index in [0.717, 1.165) is 24.2 Å². The molecule has 3 heterocycles. The zero-order valence-electron chi connectivity index (χ0n) is 12.2. The van der Waals surface area contributed by atoms with Crippen molar-refractivity contribution in [1.29, 1.82) is 0 Å². The Bertz CT molecular complexity index is 437. The van der Waals surface area contributed by atoms with Crippen LogP contribution in [0.25, 0.3) is 0 Å². The lowest BCUT2D eigenvalue weighted by molar-refractivity contribution is 0.218. The molecule has 0 spiro atoms. The molecule has 2 unspecified atom stereocenters. The third kappa shape index (κ3) is 3.35. The van der Waals surface area contributed by atoms with Gasteiger partial charge in [0.25, 0.3) is 0 Å². The van der Waals surface area contributed by atoms with E-state index in [9.17, 15) is 0 Å². The molecule has 112 valence electrons. The lowest BCUT2D eigenvalue weighted by atomic mass is 10.1. The number of likely N-dealkylation sites (tertiary alicyclic amines) is 1. The van der Waals surface area contributed by atoms with Crippen molar-refractivity contribution in [2.75, 3.05) is 26.7 Å². The minimum Gasteiger partial charge on any atom is -0.302 e. The zero-order valence-corrected chi connectivity index (χ0v) is 13.8. The number of halogens is 1. The highest BCUT2D eigenvalue weighted by Crippen LogP contribution is 2.28. The molecule has 2 aliphatic rings. The molecule has 0 N–H and O–H groups in total. The van der Waals surface area contributed by atoms with Gasteiger partial charge in [-0.2, -0.15) is 0 Å². The fourth-order valence-electron chi connectivity index (χ4n) is 3.56. The first-order chi connectivity index (χ1) is 9.76. The normalized spacial score (nSPS) is 27.9. The van der Waals surface area contributed by atoms with Gasteiger partial charge in [-0.3, -0.25) is 4.90 Å². The molecule has 0 radical (unpaired) electrons. The smallest absolute Gasteiger partial charge is 0.0929 e. The minimum atomic E-state index is 0.540. The van der Waals surface area contributed by atoms with Gasteiger partial charge in [0, 0.05) is 30.4 Å². The molecule has 0 amide bonds. The predicted molar refractivity (Wildman–Crippen MR) is 85.6 cm³/mol. The second-order valence-electron chi connectivity index (χ2n) is 6.11. The van der Waals surface area contributed by atoms with Crippen molar-refractivity contribution in [1.82, 2.24) is 14.8 Å². The maximum Gasteiger partial charge on any atom is 0.0929 e. The van der Waals surface area contributed by atoms with Gasteiger partial charge in [-0.05, 0) is 45.8 Å². The van der Waals surface area contributed by atoms with Gasteiger partial charge in [-0.15, -0.1) is 22.9 Å². The number of hydrogen-bond donors (Lipinski definition) is 0. The van der Waals surface area contributed by atoms with E-state index in [1.807, 2.05) is 0 Å². The molecule has 3 nitrogen and oxygen atoms in total. The SMILES string of the molecule is CN1C2CCC1CN(CCCc1nc(CCl)cs1)CC2. The number of alkyl halides is 1. The summed E-state index contributed by atoms with van der Waals surface area (Å²) < 4.78 is 0. The van der Waals surface area contributed by atoms with Crippen molar-refractivity contribution in [3.8, 4) is 0 Å². The molecule has 0 aliphatic carbocycles. The van der Waals surface area contributed by atoms with Crippen LogP contribution >= 0.6 is 22.9 Å². The Kier molecular flexibility index (Phi) is 4.97. The summed E-state index contributed by atoms with van der Waals surface area (Å²) in [6.07, 6.45) is 6.47. The summed E-state index contributed by atoms with van der Waals surface area (Å²) in [7, 11) is 2.31. The van der Waals surface area contributed by atoms with Crippen LogP contribution < -0.4 is 0 Å². The number of aryl methyl sites for hydroxylation is 1. The Labute approximate surface area is 130 Å². The topological polar surface area (TPSA) is 19.4 Å². The van der Waals surface area contributed by atoms with Gasteiger partial charge in [0.15, 0.2) is 0 Å². The summed E-state index contributed by atoms with van der Waals surface area (Å²) in [4.78, 5) is 9.82. The minimum absolute atomic E-state index is 0.540. The van der Waals surface area contributed by atoms with Crippen molar-refractivity contribution < 1.29 is 0 Å². The molecule has 2 bridgehead atoms. The van der Waals surface area contributed by atoms with Gasteiger partial charge in [0.1, 0.15) is 0 Å². The summed E-state index contributed by atoms with van der Waals surface area (Å²) in [5.41, 5.74) is 1.03. The Morgan fingerprint density at radius 2 is 2.20 bits per heavy atom. The van der Waals surface area contributed by atoms with E-state index < -0.39 is 0 Å². The van der Waals surface area contributed by atoms with Gasteiger partial charge in [-0.25, -0.2) is 4.98 Å². The molecule has 2 aliphatic heterocycles. The van der Waals surface area contributed by atoms with E-state index in [0.29, 0.717) is 5.88 Å². The Morgan fingerprint density at radius 3 is 3.00 bits per heavy atom. The van der Waals surface area contributed by atoms with Crippen molar-refractivity contribution in [2.24, 2.45) is 0 Å². The largest absolute Gasteiger partial charge is 0.302 e. The molecule has 1 aromatic rings. The van der Waals surface area contributed by atoms with E-state index in [-0.39, 0.29) is 0 Å². The van der Waals surface area contributed by atoms with Gasteiger partial charge in [0.05, 0.1) is 16.6 Å². The average molecular weight is 314 g/mol. The molecular formula is C15H24ClN3S. The number of rotatable bonds is 5. The summed E-state index contributed by atoms with van der Waals surface area (Å²) >= 11 is 7.55. The van der Waals surface area contributed by atoms with Crippen LogP contribution in [-0.4, -0.2) is 53.5 Å². The molecule has 1 aromatic heterocycles. The lowest BCUT2D eigenvalue weighted by Crippen LogP contribution is -2.37. The average Bonchev–Trinajstić information content (AvgIpc) is 2.98. The molecule has 2 atom stereocenters. The van der Waals surface area contributed by atoms with Crippen LogP contribution in [-0.2, 0) is 12.3 Å². The van der Waals surface area contributed by atoms with Crippen LogP contribution in [0.4, 0.5) is 0 Å². The summed E-state index contributed by atoms with van der Waals surface area (Å²) in [6, 6.07) is 1.64. The van der Waals surface area contributed by atoms with E-state index >= 15 is 0 Å². The zero-order chi connectivity index (χ0) is 13.9. The fraction of sp³-hybridized carbons (Fsp3) is 0.800. The van der Waals surface area contributed by atoms with E-state index in [1.165, 1.54) is 50.3 Å². The number of fused-ring (bicyclic) bond motifs is 2. The van der Waals surface area contributed by atoms with Crippen LogP contribution in [0, 0.1) is 0 Å². The second-order valence-corrected chi connectivity index (χ2v) is 7.32. The summed E-state index contributed by atoms with van der Waals surface area (Å²) in [6.45, 7) is 3.75. The van der Waals surface area contributed by atoms with E-state index in [1.54, 1.807) is 11.3 Å². The summed E-state index contributed by atoms with van der Waals surface area (Å²) in [5.74, 6) is 0.540. The molecule has 5 heteroatoms. The Balaban J connectivity index is 1.44. The highest BCUT2D eigenvalue weighted by atomic mass is 35.5. The molecule has 0 saturated carbocycles. The molecule has 2 fully saturated rings. The monoisotopic (exact) mass is 313 g/mol. The van der Waals surface area contributed by atoms with Crippen LogP contribution in [0.1, 0.15) is 36.4 Å². The van der Waals surface area contributed by atoms with Crippen molar-refractivity contribution >= 4 is 22.9 Å².